The zero-order chi connectivity index (χ0) is 21.8. The Kier molecular flexibility index (Phi) is 5.96. The fourth-order valence-corrected chi connectivity index (χ4v) is 3.90. The van der Waals surface area contributed by atoms with Gasteiger partial charge < -0.3 is 19.7 Å². The Morgan fingerprint density at radius 3 is 3.06 bits per heavy atom. The molecule has 2 N–H and O–H groups in total. The molecule has 0 saturated carbocycles. The molecule has 0 fully saturated rings. The number of hydrogen-bond donors (Lipinski definition) is 2. The number of phenolic OH excluding ortho intramolecular Hbond substituents is 1. The van der Waals surface area contributed by atoms with Crippen molar-refractivity contribution in [1.82, 2.24) is 15.5 Å². The number of hydrogen-bond acceptors (Lipinski definition) is 8. The lowest BCUT2D eigenvalue weighted by Gasteiger charge is -2.14. The number of methoxy groups -OCH3 is 1. The van der Waals surface area contributed by atoms with Crippen molar-refractivity contribution >= 4 is 5.97 Å². The number of aromatic nitrogens is 2. The van der Waals surface area contributed by atoms with Crippen LogP contribution in [0.4, 0.5) is 0 Å². The number of nitrogens with one attached hydrogen (secondary N) is 1. The molecule has 158 valence electrons. The molecule has 31 heavy (non-hydrogen) atoms. The SMILES string of the molecule is COC(=O)CCCNC1CCc2c(-c3noc(-c4ccc(O)c(C#N)c4)n3)cccc21. The first-order valence-electron chi connectivity index (χ1n) is 10.1. The Bertz CT molecular complexity index is 1150. The number of ether oxygens (including phenoxy) is 1. The lowest BCUT2D eigenvalue weighted by Crippen LogP contribution is -2.21. The van der Waals surface area contributed by atoms with E-state index in [0.29, 0.717) is 23.7 Å². The Morgan fingerprint density at radius 1 is 1.39 bits per heavy atom. The third-order valence-corrected chi connectivity index (χ3v) is 5.48. The number of nitrogens with zero attached hydrogens (tertiary/aromatic N) is 3. The maximum atomic E-state index is 11.3. The minimum Gasteiger partial charge on any atom is -0.507 e. The van der Waals surface area contributed by atoms with E-state index >= 15 is 0 Å². The average Bonchev–Trinajstić information content (AvgIpc) is 3.44. The minimum absolute atomic E-state index is 0.0861. The van der Waals surface area contributed by atoms with Crippen LogP contribution in [0.3, 0.4) is 0 Å². The molecule has 1 unspecified atom stereocenters. The van der Waals surface area contributed by atoms with Crippen molar-refractivity contribution in [3.63, 3.8) is 0 Å². The van der Waals surface area contributed by atoms with Gasteiger partial charge in [-0.1, -0.05) is 23.4 Å². The summed E-state index contributed by atoms with van der Waals surface area (Å²) in [5.41, 5.74) is 4.04. The van der Waals surface area contributed by atoms with Gasteiger partial charge in [0.1, 0.15) is 11.8 Å². The molecule has 0 spiro atoms. The topological polar surface area (TPSA) is 121 Å². The van der Waals surface area contributed by atoms with Crippen molar-refractivity contribution in [2.45, 2.75) is 31.7 Å². The molecule has 0 radical (unpaired) electrons. The first kappa shape index (κ1) is 20.6. The molecule has 8 heteroatoms. The monoisotopic (exact) mass is 418 g/mol. The lowest BCUT2D eigenvalue weighted by molar-refractivity contribution is -0.140. The highest BCUT2D eigenvalue weighted by Gasteiger charge is 2.26. The van der Waals surface area contributed by atoms with E-state index in [1.54, 1.807) is 6.07 Å². The van der Waals surface area contributed by atoms with Gasteiger partial charge in [-0.05, 0) is 55.1 Å². The van der Waals surface area contributed by atoms with Gasteiger partial charge in [0.05, 0.1) is 12.7 Å². The van der Waals surface area contributed by atoms with Crippen LogP contribution in [0.5, 0.6) is 5.75 Å². The van der Waals surface area contributed by atoms with Crippen LogP contribution in [0.25, 0.3) is 22.8 Å². The quantitative estimate of drug-likeness (QED) is 0.442. The van der Waals surface area contributed by atoms with Crippen molar-refractivity contribution in [2.75, 3.05) is 13.7 Å². The summed E-state index contributed by atoms with van der Waals surface area (Å²) in [6.07, 6.45) is 2.98. The molecule has 1 aromatic heterocycles. The molecular weight excluding hydrogens is 396 g/mol. The average molecular weight is 418 g/mol. The van der Waals surface area contributed by atoms with Crippen molar-refractivity contribution < 1.29 is 19.2 Å². The van der Waals surface area contributed by atoms with E-state index in [-0.39, 0.29) is 23.3 Å². The molecular formula is C23H22N4O4. The molecule has 1 heterocycles. The second-order valence-corrected chi connectivity index (χ2v) is 7.37. The maximum Gasteiger partial charge on any atom is 0.305 e. The number of aromatic hydroxyl groups is 1. The van der Waals surface area contributed by atoms with Crippen molar-refractivity contribution in [1.29, 1.82) is 5.26 Å². The summed E-state index contributed by atoms with van der Waals surface area (Å²) in [5, 5.41) is 26.5. The summed E-state index contributed by atoms with van der Waals surface area (Å²) in [5.74, 6) is 0.501. The van der Waals surface area contributed by atoms with E-state index in [1.807, 2.05) is 18.2 Å². The molecule has 0 amide bonds. The van der Waals surface area contributed by atoms with Crippen LogP contribution in [0.2, 0.25) is 0 Å². The summed E-state index contributed by atoms with van der Waals surface area (Å²) in [6, 6.07) is 12.8. The number of carbonyl (C=O) groups is 1. The van der Waals surface area contributed by atoms with E-state index in [4.69, 9.17) is 9.78 Å². The van der Waals surface area contributed by atoms with Gasteiger partial charge in [0, 0.05) is 23.6 Å². The molecule has 0 aliphatic heterocycles. The fourth-order valence-electron chi connectivity index (χ4n) is 3.90. The van der Waals surface area contributed by atoms with Gasteiger partial charge in [-0.3, -0.25) is 4.79 Å². The number of nitriles is 1. The number of rotatable bonds is 7. The molecule has 1 aliphatic carbocycles. The normalized spacial score (nSPS) is 14.8. The van der Waals surface area contributed by atoms with Gasteiger partial charge in [-0.15, -0.1) is 0 Å². The van der Waals surface area contributed by atoms with Crippen LogP contribution < -0.4 is 5.32 Å². The zero-order valence-electron chi connectivity index (χ0n) is 17.1. The third kappa shape index (κ3) is 4.27. The molecule has 4 rings (SSSR count). The van der Waals surface area contributed by atoms with E-state index in [0.717, 1.165) is 31.4 Å². The van der Waals surface area contributed by atoms with Gasteiger partial charge >= 0.3 is 5.97 Å². The summed E-state index contributed by atoms with van der Waals surface area (Å²) < 4.78 is 10.1. The molecule has 0 bridgehead atoms. The highest BCUT2D eigenvalue weighted by Crippen LogP contribution is 2.37. The Hall–Kier alpha value is -3.70. The van der Waals surface area contributed by atoms with Crippen LogP contribution in [0, 0.1) is 11.3 Å². The van der Waals surface area contributed by atoms with Crippen LogP contribution >= 0.6 is 0 Å². The maximum absolute atomic E-state index is 11.3. The van der Waals surface area contributed by atoms with E-state index in [9.17, 15) is 9.90 Å². The number of phenols is 1. The van der Waals surface area contributed by atoms with E-state index < -0.39 is 0 Å². The van der Waals surface area contributed by atoms with Crippen molar-refractivity contribution in [3.05, 3.63) is 53.1 Å². The molecule has 2 aromatic carbocycles. The summed E-state index contributed by atoms with van der Waals surface area (Å²) in [6.45, 7) is 0.734. The Balaban J connectivity index is 1.52. The molecule has 0 saturated heterocycles. The number of benzene rings is 2. The van der Waals surface area contributed by atoms with Crippen LogP contribution in [-0.2, 0) is 16.0 Å². The first-order chi connectivity index (χ1) is 15.1. The highest BCUT2D eigenvalue weighted by atomic mass is 16.5. The van der Waals surface area contributed by atoms with Crippen LogP contribution in [-0.4, -0.2) is 34.9 Å². The molecule has 3 aromatic rings. The summed E-state index contributed by atoms with van der Waals surface area (Å²) in [4.78, 5) is 15.8. The second kappa shape index (κ2) is 8.98. The van der Waals surface area contributed by atoms with Crippen molar-refractivity contribution in [2.24, 2.45) is 0 Å². The second-order valence-electron chi connectivity index (χ2n) is 7.37. The van der Waals surface area contributed by atoms with E-state index in [1.165, 1.54) is 30.4 Å². The predicted octanol–water partition coefficient (Wildman–Crippen LogP) is 3.51. The predicted molar refractivity (Wildman–Crippen MR) is 112 cm³/mol. The van der Waals surface area contributed by atoms with Gasteiger partial charge in [0.25, 0.3) is 5.89 Å². The summed E-state index contributed by atoms with van der Waals surface area (Å²) in [7, 11) is 1.40. The molecule has 1 aliphatic rings. The largest absolute Gasteiger partial charge is 0.507 e. The lowest BCUT2D eigenvalue weighted by atomic mass is 10.0. The number of fused-ring (bicyclic) bond motifs is 1. The zero-order valence-corrected chi connectivity index (χ0v) is 17.1. The smallest absolute Gasteiger partial charge is 0.305 e. The van der Waals surface area contributed by atoms with Gasteiger partial charge in [-0.2, -0.15) is 10.2 Å². The Morgan fingerprint density at radius 2 is 2.26 bits per heavy atom. The van der Waals surface area contributed by atoms with Gasteiger partial charge in [0.2, 0.25) is 5.82 Å². The third-order valence-electron chi connectivity index (χ3n) is 5.48. The van der Waals surface area contributed by atoms with E-state index in [2.05, 4.69) is 26.3 Å². The van der Waals surface area contributed by atoms with Crippen molar-refractivity contribution in [3.8, 4) is 34.7 Å². The standard InChI is InChI=1S/C23H22N4O4/c1-30-21(29)6-3-11-25-19-9-8-16-17(19)4-2-5-18(16)22-26-23(31-27-22)14-7-10-20(28)15(12-14)13-24/h2,4-5,7,10,12,19,25,28H,3,6,8-9,11H2,1H3. The minimum atomic E-state index is -0.195. The molecule has 1 atom stereocenters. The Labute approximate surface area is 179 Å². The fraction of sp³-hybridized carbons (Fsp3) is 0.304. The van der Waals surface area contributed by atoms with Crippen LogP contribution in [0.15, 0.2) is 40.9 Å². The first-order valence-corrected chi connectivity index (χ1v) is 10.1. The highest BCUT2D eigenvalue weighted by molar-refractivity contribution is 5.69. The number of esters is 1. The number of carbonyl (C=O) groups excluding carboxylic acids is 1. The van der Waals surface area contributed by atoms with Crippen LogP contribution in [0.1, 0.15) is 42.0 Å². The molecule has 8 nitrogen and oxygen atoms in total. The van der Waals surface area contributed by atoms with Gasteiger partial charge in [0.15, 0.2) is 0 Å². The van der Waals surface area contributed by atoms with Gasteiger partial charge in [-0.25, -0.2) is 0 Å². The summed E-state index contributed by atoms with van der Waals surface area (Å²) >= 11 is 0.